The summed E-state index contributed by atoms with van der Waals surface area (Å²) in [6.45, 7) is 4.32. The third-order valence-electron chi connectivity index (χ3n) is 14.5. The quantitative estimate of drug-likeness (QED) is 0.177. The van der Waals surface area contributed by atoms with Gasteiger partial charge in [0.25, 0.3) is 0 Å². The van der Waals surface area contributed by atoms with E-state index in [1.165, 1.54) is 104 Å². The van der Waals surface area contributed by atoms with E-state index < -0.39 is 15.3 Å². The van der Waals surface area contributed by atoms with Crippen LogP contribution in [0.4, 0.5) is 0 Å². The Balaban J connectivity index is 1.08. The molecule has 0 radical (unpaired) electrons. The fraction of sp³-hybridized carbons (Fsp3) is 0.231. The minimum Gasteiger partial charge on any atom is -0.219 e. The summed E-state index contributed by atoms with van der Waals surface area (Å²) < 4.78 is 30.7. The van der Waals surface area contributed by atoms with Crippen LogP contribution in [-0.4, -0.2) is 8.42 Å². The van der Waals surface area contributed by atoms with Gasteiger partial charge in [0.1, 0.15) is 0 Å². The Morgan fingerprint density at radius 1 is 0.564 bits per heavy atom. The van der Waals surface area contributed by atoms with Crippen molar-refractivity contribution in [2.75, 3.05) is 0 Å². The van der Waals surface area contributed by atoms with E-state index in [1.807, 2.05) is 18.2 Å². The minimum absolute atomic E-state index is 0.279. The van der Waals surface area contributed by atoms with Gasteiger partial charge in [-0.1, -0.05) is 133 Å². The van der Waals surface area contributed by atoms with Crippen LogP contribution in [0.15, 0.2) is 149 Å². The molecule has 2 nitrogen and oxygen atoms in total. The monoisotopic (exact) mass is 730 g/mol. The summed E-state index contributed by atoms with van der Waals surface area (Å²) in [6.07, 6.45) is 11.5. The Morgan fingerprint density at radius 3 is 1.89 bits per heavy atom. The first-order chi connectivity index (χ1) is 26.8. The summed E-state index contributed by atoms with van der Waals surface area (Å²) >= 11 is 0. The predicted octanol–water partition coefficient (Wildman–Crippen LogP) is 12.2. The average molecular weight is 731 g/mol. The number of sulfone groups is 1. The zero-order valence-electron chi connectivity index (χ0n) is 31.3. The SMILES string of the molecule is Cc1ccc2c(c1)C1(c3ccccc3-c3ccc(S(=O)(=O)c4ccc5c(c4)[C@]4(C6=C(C=CCC6)c6ccccc64)C4CCCCC54)cc31)c1cc(C)ccc1-2. The van der Waals surface area contributed by atoms with Crippen LogP contribution in [0.5, 0.6) is 0 Å². The van der Waals surface area contributed by atoms with Crippen molar-refractivity contribution >= 4 is 15.4 Å². The minimum atomic E-state index is -3.90. The topological polar surface area (TPSA) is 34.1 Å². The van der Waals surface area contributed by atoms with Crippen molar-refractivity contribution in [1.82, 2.24) is 0 Å². The average Bonchev–Trinajstić information content (AvgIpc) is 3.89. The first-order valence-corrected chi connectivity index (χ1v) is 21.7. The number of benzene rings is 6. The van der Waals surface area contributed by atoms with Crippen molar-refractivity contribution in [3.8, 4) is 22.3 Å². The van der Waals surface area contributed by atoms with Crippen molar-refractivity contribution in [3.05, 3.63) is 195 Å². The second-order valence-corrected chi connectivity index (χ2v) is 19.0. The standard InChI is InChI=1S/C52H42O2S/c1-31-19-23-39-40-24-20-32(2)28-48(40)52(47(39)27-31)46-18-10-6-14-38(46)42-26-22-34(30-50(42)52)55(53,54)33-21-25-41-37-13-5-9-17-45(37)51(49(41)29-33)43-15-7-3-11-35(43)36-12-4-8-16-44(36)51/h3-4,6-7,10-12,14-15,18-30,37,45H,5,8-9,13,16-17H2,1-2H3/t37?,45?,51-/m1/s1. The maximum atomic E-state index is 15.3. The highest BCUT2D eigenvalue weighted by molar-refractivity contribution is 7.91. The molecule has 6 aliphatic carbocycles. The fourth-order valence-corrected chi connectivity index (χ4v) is 13.9. The highest BCUT2D eigenvalue weighted by Crippen LogP contribution is 2.68. The van der Waals surface area contributed by atoms with Crippen molar-refractivity contribution in [1.29, 1.82) is 0 Å². The van der Waals surface area contributed by atoms with Crippen molar-refractivity contribution in [2.45, 2.75) is 78.9 Å². The van der Waals surface area contributed by atoms with Crippen LogP contribution < -0.4 is 0 Å². The summed E-state index contributed by atoms with van der Waals surface area (Å²) in [4.78, 5) is 0.774. The third kappa shape index (κ3) is 3.83. The number of hydrogen-bond acceptors (Lipinski definition) is 2. The molecule has 268 valence electrons. The van der Waals surface area contributed by atoms with E-state index in [4.69, 9.17) is 0 Å². The van der Waals surface area contributed by atoms with Gasteiger partial charge < -0.3 is 0 Å². The summed E-state index contributed by atoms with van der Waals surface area (Å²) in [7, 11) is -3.90. The summed E-state index contributed by atoms with van der Waals surface area (Å²) in [5.74, 6) is 0.890. The number of aryl methyl sites for hydroxylation is 2. The molecule has 0 aromatic heterocycles. The highest BCUT2D eigenvalue weighted by Gasteiger charge is 2.59. The molecule has 0 heterocycles. The van der Waals surface area contributed by atoms with Gasteiger partial charge >= 0.3 is 0 Å². The lowest BCUT2D eigenvalue weighted by molar-refractivity contribution is 0.259. The molecule has 1 saturated carbocycles. The van der Waals surface area contributed by atoms with E-state index in [9.17, 15) is 0 Å². The van der Waals surface area contributed by atoms with Crippen LogP contribution in [0, 0.1) is 19.8 Å². The van der Waals surface area contributed by atoms with E-state index in [2.05, 4.69) is 129 Å². The molecule has 6 aromatic carbocycles. The van der Waals surface area contributed by atoms with Crippen LogP contribution in [-0.2, 0) is 20.7 Å². The molecule has 3 atom stereocenters. The molecule has 3 heteroatoms. The second kappa shape index (κ2) is 11.0. The Bertz CT molecular complexity index is 2840. The smallest absolute Gasteiger partial charge is 0.206 e. The summed E-state index contributed by atoms with van der Waals surface area (Å²) in [5, 5.41) is 0. The van der Waals surface area contributed by atoms with Gasteiger partial charge in [0.05, 0.1) is 15.2 Å². The molecule has 0 N–H and O–H groups in total. The second-order valence-electron chi connectivity index (χ2n) is 17.0. The van der Waals surface area contributed by atoms with Gasteiger partial charge in [-0.15, -0.1) is 0 Å². The largest absolute Gasteiger partial charge is 0.219 e. The van der Waals surface area contributed by atoms with Gasteiger partial charge in [0.15, 0.2) is 0 Å². The van der Waals surface area contributed by atoms with E-state index in [-0.39, 0.29) is 5.41 Å². The maximum Gasteiger partial charge on any atom is 0.206 e. The van der Waals surface area contributed by atoms with Crippen LogP contribution in [0.25, 0.3) is 27.8 Å². The molecule has 6 aromatic rings. The molecule has 1 fully saturated rings. The first-order valence-electron chi connectivity index (χ1n) is 20.2. The van der Waals surface area contributed by atoms with Crippen molar-refractivity contribution in [3.63, 3.8) is 0 Å². The predicted molar refractivity (Wildman–Crippen MR) is 221 cm³/mol. The van der Waals surface area contributed by atoms with Crippen LogP contribution >= 0.6 is 0 Å². The lowest BCUT2D eigenvalue weighted by Gasteiger charge is -2.41. The van der Waals surface area contributed by atoms with Crippen LogP contribution in [0.2, 0.25) is 0 Å². The Labute approximate surface area is 324 Å². The Kier molecular flexibility index (Phi) is 6.38. The van der Waals surface area contributed by atoms with E-state index in [0.717, 1.165) is 24.0 Å². The zero-order chi connectivity index (χ0) is 36.8. The molecule has 55 heavy (non-hydrogen) atoms. The molecule has 2 unspecified atom stereocenters. The third-order valence-corrected chi connectivity index (χ3v) is 16.3. The Morgan fingerprint density at radius 2 is 1.15 bits per heavy atom. The lowest BCUT2D eigenvalue weighted by Crippen LogP contribution is -2.36. The first kappa shape index (κ1) is 32.0. The molecule has 12 rings (SSSR count). The number of hydrogen-bond donors (Lipinski definition) is 0. The fourth-order valence-electron chi connectivity index (χ4n) is 12.6. The normalized spacial score (nSPS) is 22.9. The molecule has 0 amide bonds. The summed E-state index contributed by atoms with van der Waals surface area (Å²) in [5.41, 5.74) is 19.2. The molecule has 0 aliphatic heterocycles. The highest BCUT2D eigenvalue weighted by atomic mass is 32.2. The van der Waals surface area contributed by atoms with Gasteiger partial charge in [-0.3, -0.25) is 0 Å². The molecule has 0 bridgehead atoms. The number of allylic oxidation sites excluding steroid dienone is 4. The number of rotatable bonds is 2. The molecule has 6 aliphatic rings. The number of fused-ring (bicyclic) bond motifs is 19. The lowest BCUT2D eigenvalue weighted by atomic mass is 9.61. The molecular formula is C52H42O2S. The van der Waals surface area contributed by atoms with Crippen molar-refractivity contribution < 1.29 is 8.42 Å². The van der Waals surface area contributed by atoms with Crippen LogP contribution in [0.1, 0.15) is 100 Å². The maximum absolute atomic E-state index is 15.3. The Hall–Kier alpha value is -5.25. The van der Waals surface area contributed by atoms with Gasteiger partial charge in [-0.05, 0) is 154 Å². The van der Waals surface area contributed by atoms with Crippen LogP contribution in [0.3, 0.4) is 0 Å². The molecule has 2 spiro atoms. The van der Waals surface area contributed by atoms with Gasteiger partial charge in [-0.25, -0.2) is 8.42 Å². The summed E-state index contributed by atoms with van der Waals surface area (Å²) in [6, 6.07) is 43.6. The molecule has 0 saturated heterocycles. The van der Waals surface area contributed by atoms with E-state index >= 15 is 8.42 Å². The van der Waals surface area contributed by atoms with Gasteiger partial charge in [0, 0.05) is 5.41 Å². The van der Waals surface area contributed by atoms with Crippen molar-refractivity contribution in [2.24, 2.45) is 5.92 Å². The van der Waals surface area contributed by atoms with E-state index in [1.54, 1.807) is 0 Å². The van der Waals surface area contributed by atoms with Gasteiger partial charge in [-0.2, -0.15) is 0 Å². The van der Waals surface area contributed by atoms with Gasteiger partial charge in [0.2, 0.25) is 9.84 Å². The van der Waals surface area contributed by atoms with E-state index in [0.29, 0.717) is 21.6 Å². The zero-order valence-corrected chi connectivity index (χ0v) is 32.1. The molecular weight excluding hydrogens is 689 g/mol.